The van der Waals surface area contributed by atoms with Gasteiger partial charge in [-0.25, -0.2) is 4.79 Å². The van der Waals surface area contributed by atoms with E-state index in [-0.39, 0.29) is 6.04 Å². The Balaban J connectivity index is 3.09. The van der Waals surface area contributed by atoms with E-state index in [2.05, 4.69) is 12.2 Å². The lowest BCUT2D eigenvalue weighted by Gasteiger charge is -2.18. The summed E-state index contributed by atoms with van der Waals surface area (Å²) in [6, 6.07) is 3.44. The summed E-state index contributed by atoms with van der Waals surface area (Å²) in [5.74, 6) is -0.414. The third-order valence-electron chi connectivity index (χ3n) is 2.72. The minimum absolute atomic E-state index is 0.222. The molecule has 0 aliphatic heterocycles. The zero-order chi connectivity index (χ0) is 14.4. The highest BCUT2D eigenvalue weighted by atomic mass is 35.5. The zero-order valence-electron chi connectivity index (χ0n) is 11.6. The van der Waals surface area contributed by atoms with Gasteiger partial charge >= 0.3 is 5.97 Å². The van der Waals surface area contributed by atoms with Crippen LogP contribution in [-0.2, 0) is 4.74 Å². The lowest BCUT2D eigenvalue weighted by atomic mass is 10.1. The highest BCUT2D eigenvalue weighted by Crippen LogP contribution is 2.30. The van der Waals surface area contributed by atoms with Gasteiger partial charge < -0.3 is 15.8 Å². The molecule has 0 aromatic heterocycles. The van der Waals surface area contributed by atoms with Gasteiger partial charge in [0.05, 0.1) is 22.9 Å². The molecule has 1 atom stereocenters. The van der Waals surface area contributed by atoms with Crippen LogP contribution in [-0.4, -0.2) is 18.6 Å². The second-order valence-corrected chi connectivity index (χ2v) is 4.89. The predicted molar refractivity (Wildman–Crippen MR) is 79.8 cm³/mol. The molecule has 0 spiro atoms. The van der Waals surface area contributed by atoms with E-state index in [9.17, 15) is 4.79 Å². The van der Waals surface area contributed by atoms with Gasteiger partial charge in [-0.3, -0.25) is 0 Å². The van der Waals surface area contributed by atoms with Crippen molar-refractivity contribution in [3.05, 3.63) is 22.7 Å². The van der Waals surface area contributed by atoms with Gasteiger partial charge in [0.15, 0.2) is 0 Å². The molecule has 5 heteroatoms. The van der Waals surface area contributed by atoms with Gasteiger partial charge in [0.2, 0.25) is 0 Å². The fourth-order valence-electron chi connectivity index (χ4n) is 1.90. The summed E-state index contributed by atoms with van der Waals surface area (Å²) in [6.07, 6.45) is 2.04. The molecule has 0 amide bonds. The minimum Gasteiger partial charge on any atom is -0.462 e. The summed E-state index contributed by atoms with van der Waals surface area (Å²) in [4.78, 5) is 11.9. The van der Waals surface area contributed by atoms with Crippen LogP contribution in [0.1, 0.15) is 44.0 Å². The van der Waals surface area contributed by atoms with Crippen molar-refractivity contribution in [1.29, 1.82) is 0 Å². The summed E-state index contributed by atoms with van der Waals surface area (Å²) in [5.41, 5.74) is 7.15. The number of halogens is 1. The summed E-state index contributed by atoms with van der Waals surface area (Å²) in [7, 11) is 0. The van der Waals surface area contributed by atoms with E-state index in [1.165, 1.54) is 0 Å². The van der Waals surface area contributed by atoms with Crippen molar-refractivity contribution >= 4 is 28.9 Å². The normalized spacial score (nSPS) is 12.0. The molecule has 0 fully saturated rings. The molecule has 0 aliphatic carbocycles. The van der Waals surface area contributed by atoms with Crippen molar-refractivity contribution in [2.24, 2.45) is 0 Å². The number of esters is 1. The van der Waals surface area contributed by atoms with Crippen molar-refractivity contribution < 1.29 is 9.53 Å². The van der Waals surface area contributed by atoms with Crippen molar-refractivity contribution in [3.63, 3.8) is 0 Å². The van der Waals surface area contributed by atoms with Crippen LogP contribution in [0.2, 0.25) is 5.02 Å². The monoisotopic (exact) mass is 284 g/mol. The first-order valence-corrected chi connectivity index (χ1v) is 6.90. The maximum atomic E-state index is 11.9. The first kappa shape index (κ1) is 15.6. The Morgan fingerprint density at radius 3 is 2.74 bits per heavy atom. The fraction of sp³-hybridized carbons (Fsp3) is 0.500. The van der Waals surface area contributed by atoms with Crippen molar-refractivity contribution in [3.8, 4) is 0 Å². The van der Waals surface area contributed by atoms with Gasteiger partial charge in [0.25, 0.3) is 0 Å². The van der Waals surface area contributed by atoms with Crippen molar-refractivity contribution in [2.45, 2.75) is 39.7 Å². The highest BCUT2D eigenvalue weighted by Gasteiger charge is 2.18. The minimum atomic E-state index is -0.414. The number of nitrogens with two attached hydrogens (primary N) is 1. The van der Waals surface area contributed by atoms with Crippen LogP contribution in [0, 0.1) is 0 Å². The molecule has 1 rings (SSSR count). The maximum Gasteiger partial charge on any atom is 0.340 e. The van der Waals surface area contributed by atoms with Crippen LogP contribution >= 0.6 is 11.6 Å². The lowest BCUT2D eigenvalue weighted by Crippen LogP contribution is -2.18. The number of benzene rings is 1. The van der Waals surface area contributed by atoms with Crippen LogP contribution in [0.15, 0.2) is 12.1 Å². The summed E-state index contributed by atoms with van der Waals surface area (Å²) < 4.78 is 5.03. The number of carbonyl (C=O) groups excluding carboxylic acids is 1. The molecule has 0 saturated heterocycles. The van der Waals surface area contributed by atoms with Crippen LogP contribution in [0.5, 0.6) is 0 Å². The molecule has 1 aromatic rings. The molecule has 1 aromatic carbocycles. The van der Waals surface area contributed by atoms with Gasteiger partial charge in [-0.05, 0) is 32.4 Å². The Hall–Kier alpha value is -1.42. The average molecular weight is 285 g/mol. The molecule has 1 unspecified atom stereocenters. The number of rotatable bonds is 6. The van der Waals surface area contributed by atoms with E-state index in [1.807, 2.05) is 6.92 Å². The van der Waals surface area contributed by atoms with Gasteiger partial charge in [-0.15, -0.1) is 0 Å². The molecule has 4 nitrogen and oxygen atoms in total. The number of ether oxygens (including phenoxy) is 1. The van der Waals surface area contributed by atoms with Gasteiger partial charge in [-0.2, -0.15) is 0 Å². The second-order valence-electron chi connectivity index (χ2n) is 4.48. The number of nitrogens with one attached hydrogen (secondary N) is 1. The Morgan fingerprint density at radius 2 is 2.16 bits per heavy atom. The Labute approximate surface area is 119 Å². The van der Waals surface area contributed by atoms with E-state index in [0.717, 1.165) is 12.8 Å². The third kappa shape index (κ3) is 4.31. The molecule has 0 aliphatic rings. The summed E-state index contributed by atoms with van der Waals surface area (Å²) in [6.45, 7) is 6.23. The van der Waals surface area contributed by atoms with Crippen LogP contribution in [0.4, 0.5) is 11.4 Å². The SMILES string of the molecule is CCCC(C)Nc1c(Cl)cc(N)cc1C(=O)OCC. The molecule has 0 radical (unpaired) electrons. The standard InChI is InChI=1S/C14H21ClN2O2/c1-4-6-9(3)17-13-11(14(18)19-5-2)7-10(16)8-12(13)15/h7-9,17H,4-6,16H2,1-3H3. The zero-order valence-corrected chi connectivity index (χ0v) is 12.4. The molecule has 0 heterocycles. The molecule has 0 saturated carbocycles. The third-order valence-corrected chi connectivity index (χ3v) is 3.02. The number of hydrogen-bond acceptors (Lipinski definition) is 4. The maximum absolute atomic E-state index is 11.9. The summed E-state index contributed by atoms with van der Waals surface area (Å²) >= 11 is 6.17. The Morgan fingerprint density at radius 1 is 1.47 bits per heavy atom. The first-order chi connectivity index (χ1) is 8.99. The molecular formula is C14H21ClN2O2. The molecule has 0 bridgehead atoms. The number of carbonyl (C=O) groups is 1. The number of hydrogen-bond donors (Lipinski definition) is 2. The van der Waals surface area contributed by atoms with Gasteiger partial charge in [-0.1, -0.05) is 24.9 Å². The first-order valence-electron chi connectivity index (χ1n) is 6.52. The highest BCUT2D eigenvalue weighted by molar-refractivity contribution is 6.34. The van der Waals surface area contributed by atoms with E-state index in [1.54, 1.807) is 19.1 Å². The van der Waals surface area contributed by atoms with Crippen LogP contribution in [0.3, 0.4) is 0 Å². The summed E-state index contributed by atoms with van der Waals surface area (Å²) in [5, 5.41) is 3.69. The van der Waals surface area contributed by atoms with Crippen LogP contribution in [0.25, 0.3) is 0 Å². The quantitative estimate of drug-likeness (QED) is 0.617. The lowest BCUT2D eigenvalue weighted by molar-refractivity contribution is 0.0527. The molecule has 106 valence electrons. The average Bonchev–Trinajstić information content (AvgIpc) is 2.33. The van der Waals surface area contributed by atoms with Gasteiger partial charge in [0, 0.05) is 11.7 Å². The van der Waals surface area contributed by atoms with Crippen molar-refractivity contribution in [2.75, 3.05) is 17.7 Å². The van der Waals surface area contributed by atoms with Crippen LogP contribution < -0.4 is 11.1 Å². The van der Waals surface area contributed by atoms with Gasteiger partial charge in [0.1, 0.15) is 0 Å². The van der Waals surface area contributed by atoms with E-state index < -0.39 is 5.97 Å². The molecular weight excluding hydrogens is 264 g/mol. The topological polar surface area (TPSA) is 64.3 Å². The predicted octanol–water partition coefficient (Wildman–Crippen LogP) is 3.70. The molecule has 3 N–H and O–H groups in total. The number of anilines is 2. The number of nitrogen functional groups attached to an aromatic ring is 1. The van der Waals surface area contributed by atoms with E-state index in [0.29, 0.717) is 28.6 Å². The largest absolute Gasteiger partial charge is 0.462 e. The molecule has 19 heavy (non-hydrogen) atoms. The Bertz CT molecular complexity index is 449. The Kier molecular flexibility index (Phi) is 5.96. The second kappa shape index (κ2) is 7.24. The fourth-order valence-corrected chi connectivity index (χ4v) is 2.18. The smallest absolute Gasteiger partial charge is 0.340 e. The van der Waals surface area contributed by atoms with E-state index in [4.69, 9.17) is 22.1 Å². The van der Waals surface area contributed by atoms with E-state index >= 15 is 0 Å². The van der Waals surface area contributed by atoms with Crippen molar-refractivity contribution in [1.82, 2.24) is 0 Å².